The van der Waals surface area contributed by atoms with Crippen molar-refractivity contribution in [3.05, 3.63) is 54.1 Å². The summed E-state index contributed by atoms with van der Waals surface area (Å²) in [4.78, 5) is 2.66. The number of benzene rings is 2. The van der Waals surface area contributed by atoms with E-state index in [2.05, 4.69) is 60.8 Å². The molecule has 1 aliphatic rings. The highest BCUT2D eigenvalue weighted by Gasteiger charge is 2.17. The molecule has 2 heteroatoms. The molecule has 0 aromatic heterocycles. The van der Waals surface area contributed by atoms with Gasteiger partial charge in [0.25, 0.3) is 0 Å². The van der Waals surface area contributed by atoms with Crippen LogP contribution in [0.25, 0.3) is 0 Å². The van der Waals surface area contributed by atoms with Gasteiger partial charge in [-0.15, -0.1) is 0 Å². The smallest absolute Gasteiger partial charge is 0.0497 e. The van der Waals surface area contributed by atoms with Crippen LogP contribution in [0.1, 0.15) is 18.5 Å². The third-order valence-corrected chi connectivity index (χ3v) is 4.03. The minimum absolute atomic E-state index is 0.368. The van der Waals surface area contributed by atoms with Crippen molar-refractivity contribution in [3.8, 4) is 0 Å². The lowest BCUT2D eigenvalue weighted by molar-refractivity contribution is 0.861. The second-order valence-electron chi connectivity index (χ2n) is 4.00. The first-order chi connectivity index (χ1) is 7.84. The number of fused-ring (bicyclic) bond motifs is 2. The molecule has 1 N–H and O–H groups in total. The van der Waals surface area contributed by atoms with Crippen molar-refractivity contribution < 1.29 is 0 Å². The van der Waals surface area contributed by atoms with Gasteiger partial charge < -0.3 is 5.32 Å². The largest absolute Gasteiger partial charge is 0.378 e. The molecule has 0 spiro atoms. The molecule has 1 unspecified atom stereocenters. The van der Waals surface area contributed by atoms with E-state index >= 15 is 0 Å². The number of para-hydroxylation sites is 1. The molecule has 0 bridgehead atoms. The Morgan fingerprint density at radius 2 is 1.62 bits per heavy atom. The summed E-state index contributed by atoms with van der Waals surface area (Å²) >= 11 is 1.84. The number of hydrogen-bond acceptors (Lipinski definition) is 2. The maximum absolute atomic E-state index is 3.56. The molecule has 1 heterocycles. The minimum Gasteiger partial charge on any atom is -0.378 e. The summed E-state index contributed by atoms with van der Waals surface area (Å²) < 4.78 is 0. The Hall–Kier alpha value is -1.41. The van der Waals surface area contributed by atoms with Crippen molar-refractivity contribution >= 4 is 17.4 Å². The van der Waals surface area contributed by atoms with Gasteiger partial charge in [0, 0.05) is 21.5 Å². The van der Waals surface area contributed by atoms with Crippen LogP contribution >= 0.6 is 11.8 Å². The summed E-state index contributed by atoms with van der Waals surface area (Å²) in [7, 11) is 0. The molecule has 3 rings (SSSR count). The molecule has 1 aliphatic heterocycles. The Kier molecular flexibility index (Phi) is 2.37. The van der Waals surface area contributed by atoms with Gasteiger partial charge in [-0.3, -0.25) is 0 Å². The molecule has 1 nitrogen and oxygen atoms in total. The maximum atomic E-state index is 3.56. The van der Waals surface area contributed by atoms with Gasteiger partial charge in [-0.25, -0.2) is 0 Å². The van der Waals surface area contributed by atoms with Crippen LogP contribution in [-0.4, -0.2) is 0 Å². The van der Waals surface area contributed by atoms with Gasteiger partial charge in [0.05, 0.1) is 0 Å². The monoisotopic (exact) mass is 227 g/mol. The molecule has 0 fully saturated rings. The van der Waals surface area contributed by atoms with Crippen LogP contribution in [0.3, 0.4) is 0 Å². The van der Waals surface area contributed by atoms with E-state index in [0.717, 1.165) is 0 Å². The Labute approximate surface area is 99.9 Å². The second kappa shape index (κ2) is 3.87. The predicted octanol–water partition coefficient (Wildman–Crippen LogP) is 4.32. The van der Waals surface area contributed by atoms with Crippen molar-refractivity contribution in [2.45, 2.75) is 22.8 Å². The third kappa shape index (κ3) is 1.59. The van der Waals surface area contributed by atoms with Crippen LogP contribution in [0, 0.1) is 0 Å². The molecule has 1 atom stereocenters. The molecular formula is C14H13NS. The van der Waals surface area contributed by atoms with Crippen LogP contribution in [0.15, 0.2) is 58.3 Å². The van der Waals surface area contributed by atoms with E-state index in [1.54, 1.807) is 0 Å². The zero-order chi connectivity index (χ0) is 11.0. The normalized spacial score (nSPS) is 17.9. The van der Waals surface area contributed by atoms with Gasteiger partial charge >= 0.3 is 0 Å². The summed E-state index contributed by atoms with van der Waals surface area (Å²) in [6, 6.07) is 17.5. The van der Waals surface area contributed by atoms with Crippen LogP contribution < -0.4 is 5.32 Å². The number of nitrogens with one attached hydrogen (secondary N) is 1. The summed E-state index contributed by atoms with van der Waals surface area (Å²) in [6.45, 7) is 2.21. The van der Waals surface area contributed by atoms with E-state index in [4.69, 9.17) is 0 Å². The highest BCUT2D eigenvalue weighted by molar-refractivity contribution is 7.99. The third-order valence-electron chi connectivity index (χ3n) is 2.86. The van der Waals surface area contributed by atoms with E-state index in [-0.39, 0.29) is 0 Å². The summed E-state index contributed by atoms with van der Waals surface area (Å²) in [6.07, 6.45) is 0. The first-order valence-electron chi connectivity index (χ1n) is 5.47. The Bertz CT molecular complexity index is 522. The summed E-state index contributed by atoms with van der Waals surface area (Å²) in [5.74, 6) is 0. The zero-order valence-corrected chi connectivity index (χ0v) is 9.92. The Balaban J connectivity index is 2.15. The van der Waals surface area contributed by atoms with E-state index in [1.165, 1.54) is 21.0 Å². The van der Waals surface area contributed by atoms with Gasteiger partial charge in [-0.2, -0.15) is 0 Å². The number of rotatable bonds is 0. The van der Waals surface area contributed by atoms with Crippen molar-refractivity contribution in [2.24, 2.45) is 0 Å². The molecule has 16 heavy (non-hydrogen) atoms. The predicted molar refractivity (Wildman–Crippen MR) is 69.0 cm³/mol. The molecule has 80 valence electrons. The van der Waals surface area contributed by atoms with E-state index < -0.39 is 0 Å². The molecule has 0 saturated carbocycles. The lowest BCUT2D eigenvalue weighted by Crippen LogP contribution is -2.05. The summed E-state index contributed by atoms with van der Waals surface area (Å²) in [5.41, 5.74) is 2.61. The lowest BCUT2D eigenvalue weighted by atomic mass is 10.1. The van der Waals surface area contributed by atoms with Crippen molar-refractivity contribution in [2.75, 3.05) is 5.32 Å². The number of anilines is 1. The van der Waals surface area contributed by atoms with Crippen molar-refractivity contribution in [1.29, 1.82) is 0 Å². The fourth-order valence-corrected chi connectivity index (χ4v) is 3.17. The standard InChI is InChI=1S/C14H13NS/c1-10-11-6-2-4-8-13(11)16-14-9-5-3-7-12(14)15-10/h2-10,15H,1H3. The van der Waals surface area contributed by atoms with Gasteiger partial charge in [0.15, 0.2) is 0 Å². The highest BCUT2D eigenvalue weighted by Crippen LogP contribution is 2.41. The van der Waals surface area contributed by atoms with Gasteiger partial charge in [0.1, 0.15) is 0 Å². The fourth-order valence-electron chi connectivity index (χ4n) is 2.04. The average Bonchev–Trinajstić information content (AvgIpc) is 2.45. The molecule has 0 saturated heterocycles. The molecule has 0 aliphatic carbocycles. The van der Waals surface area contributed by atoms with Gasteiger partial charge in [0.2, 0.25) is 0 Å². The van der Waals surface area contributed by atoms with Crippen LogP contribution in [0.2, 0.25) is 0 Å². The van der Waals surface area contributed by atoms with Crippen LogP contribution in [-0.2, 0) is 0 Å². The first kappa shape index (κ1) is 9.79. The molecule has 2 aromatic rings. The molecule has 2 aromatic carbocycles. The van der Waals surface area contributed by atoms with E-state index in [0.29, 0.717) is 6.04 Å². The van der Waals surface area contributed by atoms with Crippen LogP contribution in [0.4, 0.5) is 5.69 Å². The quantitative estimate of drug-likeness (QED) is 0.719. The van der Waals surface area contributed by atoms with Crippen molar-refractivity contribution in [3.63, 3.8) is 0 Å². The fraction of sp³-hybridized carbons (Fsp3) is 0.143. The number of hydrogen-bond donors (Lipinski definition) is 1. The maximum Gasteiger partial charge on any atom is 0.0497 e. The topological polar surface area (TPSA) is 12.0 Å². The van der Waals surface area contributed by atoms with E-state index in [9.17, 15) is 0 Å². The van der Waals surface area contributed by atoms with Gasteiger partial charge in [-0.05, 0) is 30.7 Å². The molecular weight excluding hydrogens is 214 g/mol. The van der Waals surface area contributed by atoms with Crippen LogP contribution in [0.5, 0.6) is 0 Å². The van der Waals surface area contributed by atoms with E-state index in [1.807, 2.05) is 11.8 Å². The Morgan fingerprint density at radius 1 is 0.938 bits per heavy atom. The lowest BCUT2D eigenvalue weighted by Gasteiger charge is -2.14. The van der Waals surface area contributed by atoms with Crippen molar-refractivity contribution in [1.82, 2.24) is 0 Å². The molecule has 0 amide bonds. The Morgan fingerprint density at radius 3 is 2.50 bits per heavy atom. The zero-order valence-electron chi connectivity index (χ0n) is 9.10. The second-order valence-corrected chi connectivity index (χ2v) is 5.09. The minimum atomic E-state index is 0.368. The first-order valence-corrected chi connectivity index (χ1v) is 6.28. The summed E-state index contributed by atoms with van der Waals surface area (Å²) in [5, 5.41) is 3.56. The molecule has 0 radical (unpaired) electrons. The SMILES string of the molecule is CC1Nc2ccccc2Sc2ccccc21. The highest BCUT2D eigenvalue weighted by atomic mass is 32.2. The van der Waals surface area contributed by atoms with Gasteiger partial charge in [-0.1, -0.05) is 42.1 Å². The average molecular weight is 227 g/mol.